The topological polar surface area (TPSA) is 103 Å². The summed E-state index contributed by atoms with van der Waals surface area (Å²) in [6.07, 6.45) is 4.77. The summed E-state index contributed by atoms with van der Waals surface area (Å²) in [5, 5.41) is 0.457. The number of nitrogens with zero attached hydrogens (tertiary/aromatic N) is 4. The quantitative estimate of drug-likeness (QED) is 0.479. The molecule has 1 amide bonds. The fraction of sp³-hybridized carbons (Fsp3) is 0.385. The van der Waals surface area contributed by atoms with E-state index in [9.17, 15) is 4.79 Å². The summed E-state index contributed by atoms with van der Waals surface area (Å²) in [5.74, 6) is 0.456. The molecule has 1 aliphatic rings. The van der Waals surface area contributed by atoms with Gasteiger partial charge < -0.3 is 20.1 Å². The van der Waals surface area contributed by atoms with Gasteiger partial charge in [-0.2, -0.15) is 0 Å². The van der Waals surface area contributed by atoms with E-state index in [1.165, 1.54) is 0 Å². The predicted octanol–water partition coefficient (Wildman–Crippen LogP) is 5.53. The van der Waals surface area contributed by atoms with Crippen molar-refractivity contribution in [3.8, 4) is 28.4 Å². The van der Waals surface area contributed by atoms with Crippen molar-refractivity contribution in [3.63, 3.8) is 0 Å². The molecule has 0 radical (unpaired) electrons. The normalized spacial score (nSPS) is 15.0. The lowest BCUT2D eigenvalue weighted by Crippen LogP contribution is -2.43. The molecule has 1 aromatic carbocycles. The smallest absolute Gasteiger partial charge is 0.410 e. The molecule has 9 heteroatoms. The molecule has 8 nitrogen and oxygen atoms in total. The third-order valence-electron chi connectivity index (χ3n) is 6.10. The first-order valence-electron chi connectivity index (χ1n) is 11.8. The van der Waals surface area contributed by atoms with E-state index in [0.29, 0.717) is 47.9 Å². The lowest BCUT2D eigenvalue weighted by atomic mass is 10.0. The number of pyridine rings is 1. The zero-order valence-corrected chi connectivity index (χ0v) is 21.0. The zero-order valence-electron chi connectivity index (χ0n) is 20.2. The molecule has 2 aromatic heterocycles. The fourth-order valence-electron chi connectivity index (χ4n) is 3.83. The number of hydrogen-bond donors (Lipinski definition) is 1. The van der Waals surface area contributed by atoms with Gasteiger partial charge in [-0.25, -0.2) is 14.8 Å². The van der Waals surface area contributed by atoms with Crippen LogP contribution in [0, 0.1) is 6.92 Å². The fourth-order valence-corrected chi connectivity index (χ4v) is 4.04. The highest BCUT2D eigenvalue weighted by Crippen LogP contribution is 2.36. The third-order valence-corrected chi connectivity index (χ3v) is 6.40. The minimum atomic E-state index is -0.283. The molecule has 3 aromatic rings. The highest BCUT2D eigenvalue weighted by molar-refractivity contribution is 6.33. The zero-order chi connectivity index (χ0) is 24.9. The van der Waals surface area contributed by atoms with Gasteiger partial charge in [0.15, 0.2) is 5.82 Å². The number of benzene rings is 1. The molecular formula is C26H30ClN5O3. The van der Waals surface area contributed by atoms with Crippen LogP contribution in [-0.4, -0.2) is 51.2 Å². The van der Waals surface area contributed by atoms with E-state index >= 15 is 0 Å². The largest absolute Gasteiger partial charge is 0.472 e. The van der Waals surface area contributed by atoms with E-state index in [1.807, 2.05) is 45.0 Å². The number of carbonyl (C=O) groups excluding carboxylic acids is 1. The average Bonchev–Trinajstić information content (AvgIpc) is 2.86. The van der Waals surface area contributed by atoms with Crippen molar-refractivity contribution in [2.45, 2.75) is 52.2 Å². The maximum Gasteiger partial charge on any atom is 0.410 e. The first kappa shape index (κ1) is 24.7. The van der Waals surface area contributed by atoms with Crippen molar-refractivity contribution in [1.29, 1.82) is 0 Å². The Hall–Kier alpha value is -3.39. The van der Waals surface area contributed by atoms with Gasteiger partial charge in [-0.3, -0.25) is 4.98 Å². The van der Waals surface area contributed by atoms with E-state index in [2.05, 4.69) is 9.97 Å². The van der Waals surface area contributed by atoms with Gasteiger partial charge in [0.1, 0.15) is 17.9 Å². The van der Waals surface area contributed by atoms with Gasteiger partial charge in [-0.1, -0.05) is 48.4 Å². The summed E-state index contributed by atoms with van der Waals surface area (Å²) in [6.45, 7) is 6.98. The number of hydrogen-bond acceptors (Lipinski definition) is 7. The Morgan fingerprint density at radius 1 is 1.17 bits per heavy atom. The Bertz CT molecular complexity index is 1180. The molecule has 1 aliphatic heterocycles. The Kier molecular flexibility index (Phi) is 7.70. The molecule has 0 saturated carbocycles. The average molecular weight is 496 g/mol. The van der Waals surface area contributed by atoms with Crippen LogP contribution in [0.5, 0.6) is 5.88 Å². The number of halogens is 1. The number of nitrogens with two attached hydrogens (primary N) is 1. The van der Waals surface area contributed by atoms with E-state index in [-0.39, 0.29) is 30.0 Å². The van der Waals surface area contributed by atoms with Crippen LogP contribution in [-0.2, 0) is 4.74 Å². The molecule has 1 atom stereocenters. The number of anilines is 1. The van der Waals surface area contributed by atoms with E-state index < -0.39 is 0 Å². The summed E-state index contributed by atoms with van der Waals surface area (Å²) >= 11 is 6.47. The van der Waals surface area contributed by atoms with Crippen LogP contribution in [0.15, 0.2) is 42.7 Å². The van der Waals surface area contributed by atoms with Crippen molar-refractivity contribution in [3.05, 3.63) is 53.3 Å². The van der Waals surface area contributed by atoms with Crippen molar-refractivity contribution in [2.24, 2.45) is 0 Å². The summed E-state index contributed by atoms with van der Waals surface area (Å²) in [6, 6.07) is 9.77. The minimum absolute atomic E-state index is 0.1000. The van der Waals surface area contributed by atoms with Crippen molar-refractivity contribution >= 4 is 23.5 Å². The molecule has 184 valence electrons. The van der Waals surface area contributed by atoms with Crippen LogP contribution >= 0.6 is 11.6 Å². The van der Waals surface area contributed by atoms with Gasteiger partial charge in [-0.15, -0.1) is 0 Å². The van der Waals surface area contributed by atoms with Crippen molar-refractivity contribution in [2.75, 3.05) is 18.8 Å². The standard InChI is InChI=1S/C26H30ClN5O3/c1-4-17(3)34-26(33)32-13-10-19(11-14-32)35-25-24(28)30-22(18-7-5-16(2)6-8-18)23(31-25)20-9-12-29-15-21(20)27/h5-9,12,15,17,19H,4,10-11,13-14H2,1-3H3,(H2,28,30). The van der Waals surface area contributed by atoms with Crippen LogP contribution in [0.25, 0.3) is 22.5 Å². The van der Waals surface area contributed by atoms with Crippen molar-refractivity contribution < 1.29 is 14.3 Å². The molecule has 2 N–H and O–H groups in total. The Morgan fingerprint density at radius 3 is 2.54 bits per heavy atom. The summed E-state index contributed by atoms with van der Waals surface area (Å²) < 4.78 is 11.6. The Labute approximate surface area is 210 Å². The SMILES string of the molecule is CCC(C)OC(=O)N1CCC(Oc2nc(-c3ccncc3Cl)c(-c3ccc(C)cc3)nc2N)CC1. The third kappa shape index (κ3) is 5.82. The lowest BCUT2D eigenvalue weighted by Gasteiger charge is -2.32. The van der Waals surface area contributed by atoms with Gasteiger partial charge >= 0.3 is 6.09 Å². The molecule has 0 bridgehead atoms. The van der Waals surface area contributed by atoms with Gasteiger partial charge in [0.25, 0.3) is 5.88 Å². The molecule has 0 aliphatic carbocycles. The number of amides is 1. The molecule has 0 spiro atoms. The number of piperidine rings is 1. The first-order chi connectivity index (χ1) is 16.9. The summed E-state index contributed by atoms with van der Waals surface area (Å²) in [4.78, 5) is 27.6. The number of aromatic nitrogens is 3. The minimum Gasteiger partial charge on any atom is -0.472 e. The summed E-state index contributed by atoms with van der Waals surface area (Å²) in [7, 11) is 0. The highest BCUT2D eigenvalue weighted by Gasteiger charge is 2.27. The number of carbonyl (C=O) groups is 1. The second-order valence-corrected chi connectivity index (χ2v) is 9.15. The van der Waals surface area contributed by atoms with Crippen LogP contribution in [0.1, 0.15) is 38.7 Å². The number of aryl methyl sites for hydroxylation is 1. The molecule has 1 saturated heterocycles. The van der Waals surface area contributed by atoms with Crippen LogP contribution in [0.3, 0.4) is 0 Å². The number of nitrogen functional groups attached to an aromatic ring is 1. The van der Waals surface area contributed by atoms with E-state index in [0.717, 1.165) is 17.5 Å². The highest BCUT2D eigenvalue weighted by atomic mass is 35.5. The number of ether oxygens (including phenoxy) is 2. The van der Waals surface area contributed by atoms with Crippen LogP contribution < -0.4 is 10.5 Å². The lowest BCUT2D eigenvalue weighted by molar-refractivity contribution is 0.0453. The molecule has 1 unspecified atom stereocenters. The number of rotatable bonds is 6. The maximum absolute atomic E-state index is 12.3. The molecule has 35 heavy (non-hydrogen) atoms. The second-order valence-electron chi connectivity index (χ2n) is 8.74. The second kappa shape index (κ2) is 10.9. The van der Waals surface area contributed by atoms with Crippen molar-refractivity contribution in [1.82, 2.24) is 19.9 Å². The molecule has 3 heterocycles. The van der Waals surface area contributed by atoms with E-state index in [1.54, 1.807) is 23.4 Å². The maximum atomic E-state index is 12.3. The first-order valence-corrected chi connectivity index (χ1v) is 12.2. The monoisotopic (exact) mass is 495 g/mol. The molecule has 4 rings (SSSR count). The Morgan fingerprint density at radius 2 is 1.89 bits per heavy atom. The Balaban J connectivity index is 1.58. The van der Waals surface area contributed by atoms with Crippen LogP contribution in [0.4, 0.5) is 10.6 Å². The van der Waals surface area contributed by atoms with Gasteiger partial charge in [0.2, 0.25) is 0 Å². The summed E-state index contributed by atoms with van der Waals surface area (Å²) in [5.41, 5.74) is 10.2. The van der Waals surface area contributed by atoms with Gasteiger partial charge in [0, 0.05) is 49.5 Å². The van der Waals surface area contributed by atoms with Gasteiger partial charge in [0.05, 0.1) is 10.7 Å². The molecular weight excluding hydrogens is 466 g/mol. The number of likely N-dealkylation sites (tertiary alicyclic amines) is 1. The molecule has 1 fully saturated rings. The van der Waals surface area contributed by atoms with Gasteiger partial charge in [-0.05, 0) is 26.3 Å². The van der Waals surface area contributed by atoms with Crippen LogP contribution in [0.2, 0.25) is 5.02 Å². The predicted molar refractivity (Wildman–Crippen MR) is 136 cm³/mol. The van der Waals surface area contributed by atoms with E-state index in [4.69, 9.17) is 31.8 Å².